The van der Waals surface area contributed by atoms with Crippen LogP contribution >= 0.6 is 0 Å². The van der Waals surface area contributed by atoms with Crippen molar-refractivity contribution in [1.29, 1.82) is 0 Å². The van der Waals surface area contributed by atoms with E-state index in [0.717, 1.165) is 37.4 Å². The number of aliphatic hydroxyl groups excluding tert-OH is 1. The molecule has 0 fully saturated rings. The van der Waals surface area contributed by atoms with Crippen LogP contribution in [0.1, 0.15) is 18.4 Å². The predicted molar refractivity (Wildman–Crippen MR) is 60.6 cm³/mol. The van der Waals surface area contributed by atoms with Crippen molar-refractivity contribution in [3.63, 3.8) is 0 Å². The first-order chi connectivity index (χ1) is 7.90. The van der Waals surface area contributed by atoms with Crippen LogP contribution in [-0.2, 0) is 6.54 Å². The number of fused-ring (bicyclic) bond motifs is 1. The van der Waals surface area contributed by atoms with Gasteiger partial charge in [-0.3, -0.25) is 0 Å². The maximum atomic E-state index is 8.63. The first-order valence-corrected chi connectivity index (χ1v) is 5.60. The van der Waals surface area contributed by atoms with Crippen molar-refractivity contribution >= 4 is 0 Å². The molecule has 1 heterocycles. The highest BCUT2D eigenvalue weighted by Gasteiger charge is 2.12. The molecule has 0 radical (unpaired) electrons. The molecular formula is C12H17NO3. The molecule has 0 aliphatic carbocycles. The average molecular weight is 223 g/mol. The Morgan fingerprint density at radius 3 is 2.94 bits per heavy atom. The molecule has 0 amide bonds. The summed E-state index contributed by atoms with van der Waals surface area (Å²) in [5, 5.41) is 12.0. The number of ether oxygens (including phenoxy) is 2. The lowest BCUT2D eigenvalue weighted by molar-refractivity contribution is 0.174. The van der Waals surface area contributed by atoms with Gasteiger partial charge in [-0.15, -0.1) is 0 Å². The predicted octanol–water partition coefficient (Wildman–Crippen LogP) is 1.28. The molecule has 1 aromatic rings. The molecule has 0 saturated heterocycles. The highest BCUT2D eigenvalue weighted by molar-refractivity contribution is 5.44. The number of unbranched alkanes of at least 4 members (excludes halogenated alkanes) is 1. The number of benzene rings is 1. The normalized spacial score (nSPS) is 13.1. The number of rotatable bonds is 6. The second-order valence-electron chi connectivity index (χ2n) is 3.80. The van der Waals surface area contributed by atoms with E-state index >= 15 is 0 Å². The molecule has 4 nitrogen and oxygen atoms in total. The van der Waals surface area contributed by atoms with Crippen molar-refractivity contribution in [2.45, 2.75) is 19.4 Å². The Morgan fingerprint density at radius 2 is 2.06 bits per heavy atom. The van der Waals surface area contributed by atoms with Gasteiger partial charge in [0.05, 0.1) is 0 Å². The maximum Gasteiger partial charge on any atom is 0.231 e. The fourth-order valence-corrected chi connectivity index (χ4v) is 1.65. The van der Waals surface area contributed by atoms with Gasteiger partial charge < -0.3 is 19.9 Å². The largest absolute Gasteiger partial charge is 0.454 e. The highest BCUT2D eigenvalue weighted by atomic mass is 16.7. The Kier molecular flexibility index (Phi) is 4.02. The molecule has 16 heavy (non-hydrogen) atoms. The van der Waals surface area contributed by atoms with Gasteiger partial charge in [-0.25, -0.2) is 0 Å². The van der Waals surface area contributed by atoms with Gasteiger partial charge in [-0.05, 0) is 37.1 Å². The molecular weight excluding hydrogens is 206 g/mol. The van der Waals surface area contributed by atoms with Gasteiger partial charge in [0.15, 0.2) is 11.5 Å². The third-order valence-corrected chi connectivity index (χ3v) is 2.53. The van der Waals surface area contributed by atoms with Crippen LogP contribution < -0.4 is 14.8 Å². The van der Waals surface area contributed by atoms with Crippen LogP contribution in [0.3, 0.4) is 0 Å². The van der Waals surface area contributed by atoms with Gasteiger partial charge in [0.2, 0.25) is 6.79 Å². The zero-order chi connectivity index (χ0) is 11.2. The SMILES string of the molecule is OCCCCNCc1ccc2c(c1)OCO2. The van der Waals surface area contributed by atoms with Gasteiger partial charge >= 0.3 is 0 Å². The van der Waals surface area contributed by atoms with Gasteiger partial charge in [0.25, 0.3) is 0 Å². The van der Waals surface area contributed by atoms with Crippen molar-refractivity contribution in [1.82, 2.24) is 5.32 Å². The maximum absolute atomic E-state index is 8.63. The molecule has 0 saturated carbocycles. The smallest absolute Gasteiger partial charge is 0.231 e. The molecule has 88 valence electrons. The van der Waals surface area contributed by atoms with Crippen molar-refractivity contribution in [2.24, 2.45) is 0 Å². The van der Waals surface area contributed by atoms with Crippen LogP contribution in [0, 0.1) is 0 Å². The number of nitrogens with one attached hydrogen (secondary N) is 1. The van der Waals surface area contributed by atoms with Crippen LogP contribution in [0.25, 0.3) is 0 Å². The lowest BCUT2D eigenvalue weighted by Crippen LogP contribution is -2.14. The van der Waals surface area contributed by atoms with Crippen LogP contribution in [0.15, 0.2) is 18.2 Å². The topological polar surface area (TPSA) is 50.7 Å². The first-order valence-electron chi connectivity index (χ1n) is 5.60. The van der Waals surface area contributed by atoms with E-state index in [9.17, 15) is 0 Å². The number of hydrogen-bond donors (Lipinski definition) is 2. The molecule has 1 aromatic carbocycles. The Bertz CT molecular complexity index is 341. The summed E-state index contributed by atoms with van der Waals surface area (Å²) in [4.78, 5) is 0. The lowest BCUT2D eigenvalue weighted by Gasteiger charge is -2.05. The molecule has 0 atom stereocenters. The fraction of sp³-hybridized carbons (Fsp3) is 0.500. The molecule has 0 unspecified atom stereocenters. The second kappa shape index (κ2) is 5.72. The van der Waals surface area contributed by atoms with Gasteiger partial charge in [0.1, 0.15) is 0 Å². The molecule has 2 N–H and O–H groups in total. The van der Waals surface area contributed by atoms with Crippen molar-refractivity contribution in [3.05, 3.63) is 23.8 Å². The van der Waals surface area contributed by atoms with E-state index in [1.807, 2.05) is 18.2 Å². The van der Waals surface area contributed by atoms with Crippen molar-refractivity contribution < 1.29 is 14.6 Å². The van der Waals surface area contributed by atoms with Gasteiger partial charge in [-0.1, -0.05) is 6.07 Å². The molecule has 2 rings (SSSR count). The summed E-state index contributed by atoms with van der Waals surface area (Å²) in [6.07, 6.45) is 1.86. The first kappa shape index (κ1) is 11.2. The molecule has 0 aromatic heterocycles. The van der Waals surface area contributed by atoms with E-state index in [4.69, 9.17) is 14.6 Å². The standard InChI is InChI=1S/C12H17NO3/c14-6-2-1-5-13-8-10-3-4-11-12(7-10)16-9-15-11/h3-4,7,13-14H,1-2,5-6,8-9H2. The summed E-state index contributed by atoms with van der Waals surface area (Å²) in [7, 11) is 0. The Hall–Kier alpha value is -1.26. The minimum Gasteiger partial charge on any atom is -0.454 e. The van der Waals surface area contributed by atoms with E-state index < -0.39 is 0 Å². The zero-order valence-electron chi connectivity index (χ0n) is 9.24. The van der Waals surface area contributed by atoms with E-state index in [-0.39, 0.29) is 6.61 Å². The third kappa shape index (κ3) is 2.87. The lowest BCUT2D eigenvalue weighted by atomic mass is 10.2. The molecule has 1 aliphatic heterocycles. The van der Waals surface area contributed by atoms with Crippen LogP contribution in [-0.4, -0.2) is 25.1 Å². The van der Waals surface area contributed by atoms with Gasteiger partial charge in [0, 0.05) is 13.2 Å². The van der Waals surface area contributed by atoms with Crippen molar-refractivity contribution in [3.8, 4) is 11.5 Å². The summed E-state index contributed by atoms with van der Waals surface area (Å²) >= 11 is 0. The fourth-order valence-electron chi connectivity index (χ4n) is 1.65. The Morgan fingerprint density at radius 1 is 1.19 bits per heavy atom. The van der Waals surface area contributed by atoms with Gasteiger partial charge in [-0.2, -0.15) is 0 Å². The van der Waals surface area contributed by atoms with E-state index in [0.29, 0.717) is 6.79 Å². The Labute approximate surface area is 95.2 Å². The van der Waals surface area contributed by atoms with Crippen LogP contribution in [0.4, 0.5) is 0 Å². The zero-order valence-corrected chi connectivity index (χ0v) is 9.24. The van der Waals surface area contributed by atoms with E-state index in [1.54, 1.807) is 0 Å². The summed E-state index contributed by atoms with van der Waals surface area (Å²) in [5.74, 6) is 1.65. The summed E-state index contributed by atoms with van der Waals surface area (Å²) in [5.41, 5.74) is 1.19. The number of aliphatic hydroxyl groups is 1. The summed E-state index contributed by atoms with van der Waals surface area (Å²) in [6, 6.07) is 5.97. The quantitative estimate of drug-likeness (QED) is 0.713. The Balaban J connectivity index is 1.77. The van der Waals surface area contributed by atoms with Crippen LogP contribution in [0.5, 0.6) is 11.5 Å². The highest BCUT2D eigenvalue weighted by Crippen LogP contribution is 2.32. The minimum absolute atomic E-state index is 0.270. The van der Waals surface area contributed by atoms with Crippen molar-refractivity contribution in [2.75, 3.05) is 19.9 Å². The molecule has 1 aliphatic rings. The molecule has 4 heteroatoms. The number of hydrogen-bond acceptors (Lipinski definition) is 4. The summed E-state index contributed by atoms with van der Waals surface area (Å²) in [6.45, 7) is 2.34. The summed E-state index contributed by atoms with van der Waals surface area (Å²) < 4.78 is 10.5. The monoisotopic (exact) mass is 223 g/mol. The van der Waals surface area contributed by atoms with E-state index in [2.05, 4.69) is 5.32 Å². The van der Waals surface area contributed by atoms with Crippen LogP contribution in [0.2, 0.25) is 0 Å². The van der Waals surface area contributed by atoms with E-state index in [1.165, 1.54) is 5.56 Å². The minimum atomic E-state index is 0.270. The second-order valence-corrected chi connectivity index (χ2v) is 3.80. The molecule has 0 bridgehead atoms. The third-order valence-electron chi connectivity index (χ3n) is 2.53. The average Bonchev–Trinajstić information content (AvgIpc) is 2.76. The molecule has 0 spiro atoms.